The number of sulfonamides is 1. The number of para-hydroxylation sites is 1. The molecule has 2 N–H and O–H groups in total. The van der Waals surface area contributed by atoms with Gasteiger partial charge in [-0.05, 0) is 49.7 Å². The third kappa shape index (κ3) is 2.79. The van der Waals surface area contributed by atoms with Crippen LogP contribution in [0.1, 0.15) is 37.1 Å². The maximum Gasteiger partial charge on any atom is 0.241 e. The lowest BCUT2D eigenvalue weighted by Gasteiger charge is -2.13. The van der Waals surface area contributed by atoms with Gasteiger partial charge in [-0.15, -0.1) is 0 Å². The normalized spacial score (nSPS) is 17.9. The van der Waals surface area contributed by atoms with Crippen molar-refractivity contribution in [2.24, 2.45) is 0 Å². The molecule has 0 radical (unpaired) electrons. The Balaban J connectivity index is 1.62. The molecular formula is C19H18N2O4S. The second-order valence-corrected chi connectivity index (χ2v) is 8.20. The third-order valence-electron chi connectivity index (χ3n) is 4.65. The van der Waals surface area contributed by atoms with Crippen molar-refractivity contribution in [2.75, 3.05) is 5.32 Å². The van der Waals surface area contributed by atoms with E-state index in [-0.39, 0.29) is 16.7 Å². The van der Waals surface area contributed by atoms with Gasteiger partial charge >= 0.3 is 0 Å². The molecule has 134 valence electrons. The molecule has 1 aliphatic heterocycles. The van der Waals surface area contributed by atoms with Crippen LogP contribution in [-0.2, 0) is 14.8 Å². The summed E-state index contributed by atoms with van der Waals surface area (Å²) in [5, 5.41) is 3.66. The minimum Gasteiger partial charge on any atom is -0.459 e. The molecule has 26 heavy (non-hydrogen) atoms. The van der Waals surface area contributed by atoms with Gasteiger partial charge < -0.3 is 9.73 Å². The summed E-state index contributed by atoms with van der Waals surface area (Å²) >= 11 is 0. The third-order valence-corrected chi connectivity index (χ3v) is 6.19. The number of benzene rings is 2. The highest BCUT2D eigenvalue weighted by molar-refractivity contribution is 7.89. The molecule has 0 bridgehead atoms. The smallest absolute Gasteiger partial charge is 0.241 e. The lowest BCUT2D eigenvalue weighted by Crippen LogP contribution is -2.26. The second-order valence-electron chi connectivity index (χ2n) is 6.49. The number of rotatable bonds is 4. The largest absolute Gasteiger partial charge is 0.459 e. The van der Waals surface area contributed by atoms with Crippen LogP contribution in [0.5, 0.6) is 0 Å². The molecule has 2 atom stereocenters. The number of amides is 1. The van der Waals surface area contributed by atoms with E-state index in [4.69, 9.17) is 4.42 Å². The molecule has 0 fully saturated rings. The Bertz CT molecular complexity index is 1080. The van der Waals surface area contributed by atoms with Gasteiger partial charge in [0.1, 0.15) is 11.3 Å². The van der Waals surface area contributed by atoms with Gasteiger partial charge in [0, 0.05) is 11.1 Å². The summed E-state index contributed by atoms with van der Waals surface area (Å²) < 4.78 is 33.9. The Morgan fingerprint density at radius 3 is 2.69 bits per heavy atom. The molecule has 0 saturated heterocycles. The average molecular weight is 370 g/mol. The number of carbonyl (C=O) groups is 1. The molecule has 0 unspecified atom stereocenters. The summed E-state index contributed by atoms with van der Waals surface area (Å²) in [5.74, 6) is 0.0484. The van der Waals surface area contributed by atoms with Crippen molar-refractivity contribution in [1.29, 1.82) is 0 Å². The number of anilines is 1. The SMILES string of the molecule is C[C@@H](NS(=O)(=O)c1ccc2c(c1)[C@@H](C)C(=O)N2)c1cc2ccccc2o1. The molecule has 4 rings (SSSR count). The number of hydrogen-bond acceptors (Lipinski definition) is 4. The van der Waals surface area contributed by atoms with E-state index in [2.05, 4.69) is 10.0 Å². The van der Waals surface area contributed by atoms with Crippen LogP contribution in [0.25, 0.3) is 11.0 Å². The molecule has 1 aromatic heterocycles. The number of nitrogens with one attached hydrogen (secondary N) is 2. The first-order chi connectivity index (χ1) is 12.3. The van der Waals surface area contributed by atoms with Crippen molar-refractivity contribution in [2.45, 2.75) is 30.7 Å². The van der Waals surface area contributed by atoms with Crippen LogP contribution in [0.3, 0.4) is 0 Å². The van der Waals surface area contributed by atoms with Crippen LogP contribution in [0.2, 0.25) is 0 Å². The van der Waals surface area contributed by atoms with Crippen LogP contribution in [0, 0.1) is 0 Å². The predicted octanol–water partition coefficient (Wildman–Crippen LogP) is 3.53. The fraction of sp³-hybridized carbons (Fsp3) is 0.211. The summed E-state index contributed by atoms with van der Waals surface area (Å²) in [7, 11) is -3.76. The molecule has 1 amide bonds. The molecule has 1 aliphatic rings. The fourth-order valence-electron chi connectivity index (χ4n) is 3.14. The minimum absolute atomic E-state index is 0.127. The van der Waals surface area contributed by atoms with Crippen LogP contribution < -0.4 is 10.0 Å². The van der Waals surface area contributed by atoms with E-state index in [1.54, 1.807) is 26.0 Å². The molecule has 0 aliphatic carbocycles. The van der Waals surface area contributed by atoms with Crippen molar-refractivity contribution < 1.29 is 17.6 Å². The lowest BCUT2D eigenvalue weighted by atomic mass is 10.0. The highest BCUT2D eigenvalue weighted by Crippen LogP contribution is 2.34. The zero-order valence-corrected chi connectivity index (χ0v) is 15.1. The average Bonchev–Trinajstić information content (AvgIpc) is 3.16. The van der Waals surface area contributed by atoms with Crippen LogP contribution in [-0.4, -0.2) is 14.3 Å². The van der Waals surface area contributed by atoms with Crippen molar-refractivity contribution >= 4 is 32.6 Å². The van der Waals surface area contributed by atoms with Gasteiger partial charge in [0.05, 0.1) is 16.9 Å². The molecule has 7 heteroatoms. The zero-order valence-electron chi connectivity index (χ0n) is 14.3. The summed E-state index contributed by atoms with van der Waals surface area (Å²) in [4.78, 5) is 11.9. The van der Waals surface area contributed by atoms with E-state index in [0.29, 0.717) is 22.6 Å². The maximum atomic E-state index is 12.8. The molecule has 3 aromatic rings. The van der Waals surface area contributed by atoms with Crippen LogP contribution >= 0.6 is 0 Å². The fourth-order valence-corrected chi connectivity index (χ4v) is 4.38. The standard InChI is InChI=1S/C19H18N2O4S/c1-11-15-10-14(7-8-16(15)20-19(11)22)26(23,24)21-12(2)18-9-13-5-3-4-6-17(13)25-18/h3-12,21H,1-2H3,(H,20,22)/t11-,12-/m1/s1. The Hall–Kier alpha value is -2.64. The molecule has 2 heterocycles. The predicted molar refractivity (Wildman–Crippen MR) is 98.4 cm³/mol. The zero-order chi connectivity index (χ0) is 18.5. The van der Waals surface area contributed by atoms with Crippen molar-refractivity contribution in [3.8, 4) is 0 Å². The first-order valence-electron chi connectivity index (χ1n) is 8.31. The quantitative estimate of drug-likeness (QED) is 0.735. The monoisotopic (exact) mass is 370 g/mol. The summed E-state index contributed by atoms with van der Waals surface area (Å²) in [6.07, 6.45) is 0. The van der Waals surface area contributed by atoms with Gasteiger partial charge in [-0.1, -0.05) is 18.2 Å². The van der Waals surface area contributed by atoms with Crippen molar-refractivity contribution in [3.63, 3.8) is 0 Å². The van der Waals surface area contributed by atoms with Gasteiger partial charge in [0.25, 0.3) is 0 Å². The van der Waals surface area contributed by atoms with Gasteiger partial charge in [0.2, 0.25) is 15.9 Å². The first kappa shape index (κ1) is 16.8. The Kier molecular flexibility index (Phi) is 3.86. The maximum absolute atomic E-state index is 12.8. The van der Waals surface area contributed by atoms with Crippen LogP contribution in [0.15, 0.2) is 57.8 Å². The van der Waals surface area contributed by atoms with E-state index < -0.39 is 16.1 Å². The van der Waals surface area contributed by atoms with Crippen molar-refractivity contribution in [3.05, 3.63) is 59.9 Å². The summed E-state index contributed by atoms with van der Waals surface area (Å²) in [6.45, 7) is 3.48. The van der Waals surface area contributed by atoms with E-state index in [1.807, 2.05) is 30.3 Å². The number of hydrogen-bond donors (Lipinski definition) is 2. The van der Waals surface area contributed by atoms with Gasteiger partial charge in [-0.3, -0.25) is 4.79 Å². The number of fused-ring (bicyclic) bond motifs is 2. The summed E-state index contributed by atoms with van der Waals surface area (Å²) in [6, 6.07) is 13.5. The van der Waals surface area contributed by atoms with Gasteiger partial charge in [-0.25, -0.2) is 13.1 Å². The molecule has 0 saturated carbocycles. The lowest BCUT2D eigenvalue weighted by molar-refractivity contribution is -0.116. The van der Waals surface area contributed by atoms with Gasteiger partial charge in [-0.2, -0.15) is 0 Å². The molecule has 2 aromatic carbocycles. The molecule has 0 spiro atoms. The Labute approximate surface area is 151 Å². The second kappa shape index (κ2) is 5.96. The van der Waals surface area contributed by atoms with E-state index in [1.165, 1.54) is 6.07 Å². The highest BCUT2D eigenvalue weighted by Gasteiger charge is 2.29. The number of carbonyl (C=O) groups excluding carboxylic acids is 1. The van der Waals surface area contributed by atoms with E-state index >= 15 is 0 Å². The van der Waals surface area contributed by atoms with Crippen molar-refractivity contribution in [1.82, 2.24) is 4.72 Å². The van der Waals surface area contributed by atoms with Crippen LogP contribution in [0.4, 0.5) is 5.69 Å². The molecule has 6 nitrogen and oxygen atoms in total. The Morgan fingerprint density at radius 2 is 1.92 bits per heavy atom. The van der Waals surface area contributed by atoms with Gasteiger partial charge in [0.15, 0.2) is 0 Å². The topological polar surface area (TPSA) is 88.4 Å². The summed E-state index contributed by atoms with van der Waals surface area (Å²) in [5.41, 5.74) is 2.06. The Morgan fingerprint density at radius 1 is 1.15 bits per heavy atom. The van der Waals surface area contributed by atoms with E-state index in [0.717, 1.165) is 5.39 Å². The highest BCUT2D eigenvalue weighted by atomic mass is 32.2. The first-order valence-corrected chi connectivity index (χ1v) is 9.79. The molecular weight excluding hydrogens is 352 g/mol. The van der Waals surface area contributed by atoms with E-state index in [9.17, 15) is 13.2 Å². The minimum atomic E-state index is -3.76. The number of furan rings is 1.